The van der Waals surface area contributed by atoms with Crippen molar-refractivity contribution in [2.24, 2.45) is 0 Å². The lowest BCUT2D eigenvalue weighted by atomic mass is 10.2. The van der Waals surface area contributed by atoms with Crippen molar-refractivity contribution in [3.8, 4) is 11.5 Å². The molecule has 0 saturated carbocycles. The van der Waals surface area contributed by atoms with E-state index in [1.54, 1.807) is 18.2 Å². The fraction of sp³-hybridized carbons (Fsp3) is 0. The highest BCUT2D eigenvalue weighted by atomic mass is 79.9. The second-order valence-corrected chi connectivity index (χ2v) is 5.17. The number of nitrogens with zero attached hydrogens (tertiary/aromatic N) is 1. The van der Waals surface area contributed by atoms with Gasteiger partial charge in [0, 0.05) is 16.3 Å². The Labute approximate surface area is 117 Å². The van der Waals surface area contributed by atoms with Crippen LogP contribution in [0.2, 0.25) is 5.02 Å². The van der Waals surface area contributed by atoms with Crippen LogP contribution in [0.4, 0.5) is 5.69 Å². The minimum absolute atomic E-state index is 0.506. The molecule has 18 heavy (non-hydrogen) atoms. The Morgan fingerprint density at radius 3 is 2.78 bits per heavy atom. The van der Waals surface area contributed by atoms with Gasteiger partial charge in [0.15, 0.2) is 5.58 Å². The van der Waals surface area contributed by atoms with E-state index in [1.807, 2.05) is 18.2 Å². The van der Waals surface area contributed by atoms with Crippen LogP contribution >= 0.6 is 27.5 Å². The molecule has 1 aromatic heterocycles. The first kappa shape index (κ1) is 11.6. The third kappa shape index (κ3) is 1.98. The van der Waals surface area contributed by atoms with Gasteiger partial charge in [-0.05, 0) is 46.3 Å². The molecule has 0 unspecified atom stereocenters. The average molecular weight is 324 g/mol. The summed E-state index contributed by atoms with van der Waals surface area (Å²) in [5.41, 5.74) is 8.61. The molecule has 0 aliphatic rings. The Hall–Kier alpha value is -1.52. The summed E-state index contributed by atoms with van der Waals surface area (Å²) in [6.07, 6.45) is 0. The standard InChI is InChI=1S/C13H8BrClN2O/c14-10-2-1-3-11-12(10)18-13(17-11)7-4-8(15)6-9(16)5-7/h1-6H,16H2. The monoisotopic (exact) mass is 322 g/mol. The number of fused-ring (bicyclic) bond motifs is 1. The summed E-state index contributed by atoms with van der Waals surface area (Å²) in [6, 6.07) is 10.9. The maximum Gasteiger partial charge on any atom is 0.227 e. The van der Waals surface area contributed by atoms with Gasteiger partial charge in [-0.3, -0.25) is 0 Å². The smallest absolute Gasteiger partial charge is 0.227 e. The van der Waals surface area contributed by atoms with Crippen LogP contribution in [0.5, 0.6) is 0 Å². The van der Waals surface area contributed by atoms with Gasteiger partial charge in [0.2, 0.25) is 5.89 Å². The second-order valence-electron chi connectivity index (χ2n) is 3.88. The summed E-state index contributed by atoms with van der Waals surface area (Å²) >= 11 is 9.40. The van der Waals surface area contributed by atoms with E-state index in [9.17, 15) is 0 Å². The van der Waals surface area contributed by atoms with E-state index in [-0.39, 0.29) is 0 Å². The third-order valence-corrected chi connectivity index (χ3v) is 3.38. The largest absolute Gasteiger partial charge is 0.435 e. The first-order valence-corrected chi connectivity index (χ1v) is 6.42. The Morgan fingerprint density at radius 1 is 1.22 bits per heavy atom. The summed E-state index contributed by atoms with van der Waals surface area (Å²) in [4.78, 5) is 4.42. The van der Waals surface area contributed by atoms with Gasteiger partial charge in [0.25, 0.3) is 0 Å². The van der Waals surface area contributed by atoms with Crippen LogP contribution in [-0.2, 0) is 0 Å². The zero-order valence-corrected chi connectivity index (χ0v) is 11.5. The number of hydrogen-bond acceptors (Lipinski definition) is 3. The zero-order valence-electron chi connectivity index (χ0n) is 9.15. The molecule has 3 aromatic rings. The number of para-hydroxylation sites is 1. The summed E-state index contributed by atoms with van der Waals surface area (Å²) in [5.74, 6) is 0.506. The minimum atomic E-state index is 0.506. The minimum Gasteiger partial charge on any atom is -0.435 e. The zero-order chi connectivity index (χ0) is 12.7. The first-order valence-electron chi connectivity index (χ1n) is 5.25. The Bertz CT molecular complexity index is 719. The van der Waals surface area contributed by atoms with Crippen molar-refractivity contribution in [3.63, 3.8) is 0 Å². The fourth-order valence-corrected chi connectivity index (χ4v) is 2.45. The molecule has 0 aliphatic heterocycles. The Morgan fingerprint density at radius 2 is 2.06 bits per heavy atom. The highest BCUT2D eigenvalue weighted by Crippen LogP contribution is 2.31. The van der Waals surface area contributed by atoms with Crippen molar-refractivity contribution in [1.29, 1.82) is 0 Å². The molecule has 3 nitrogen and oxygen atoms in total. The summed E-state index contributed by atoms with van der Waals surface area (Å²) in [7, 11) is 0. The number of rotatable bonds is 1. The lowest BCUT2D eigenvalue weighted by Crippen LogP contribution is -1.86. The van der Waals surface area contributed by atoms with Crippen LogP contribution in [0.3, 0.4) is 0 Å². The van der Waals surface area contributed by atoms with E-state index in [1.165, 1.54) is 0 Å². The summed E-state index contributed by atoms with van der Waals surface area (Å²) < 4.78 is 6.59. The quantitative estimate of drug-likeness (QED) is 0.671. The van der Waals surface area contributed by atoms with Crippen molar-refractivity contribution in [2.45, 2.75) is 0 Å². The van der Waals surface area contributed by atoms with Crippen molar-refractivity contribution < 1.29 is 4.42 Å². The van der Waals surface area contributed by atoms with E-state index in [2.05, 4.69) is 20.9 Å². The summed E-state index contributed by atoms with van der Waals surface area (Å²) in [6.45, 7) is 0. The summed E-state index contributed by atoms with van der Waals surface area (Å²) in [5, 5.41) is 0.561. The van der Waals surface area contributed by atoms with Crippen molar-refractivity contribution in [3.05, 3.63) is 45.9 Å². The van der Waals surface area contributed by atoms with Gasteiger partial charge >= 0.3 is 0 Å². The van der Waals surface area contributed by atoms with Gasteiger partial charge in [-0.25, -0.2) is 4.98 Å². The van der Waals surface area contributed by atoms with E-state index >= 15 is 0 Å². The number of aromatic nitrogens is 1. The number of halogens is 2. The van der Waals surface area contributed by atoms with Crippen molar-refractivity contribution in [1.82, 2.24) is 4.98 Å². The lowest BCUT2D eigenvalue weighted by Gasteiger charge is -1.99. The number of anilines is 1. The van der Waals surface area contributed by atoms with Gasteiger partial charge in [0.1, 0.15) is 5.52 Å². The van der Waals surface area contributed by atoms with Crippen LogP contribution < -0.4 is 5.73 Å². The predicted octanol–water partition coefficient (Wildman–Crippen LogP) is 4.49. The predicted molar refractivity (Wildman–Crippen MR) is 76.6 cm³/mol. The van der Waals surface area contributed by atoms with E-state index in [4.69, 9.17) is 21.8 Å². The molecule has 3 rings (SSSR count). The third-order valence-electron chi connectivity index (χ3n) is 2.53. The van der Waals surface area contributed by atoms with Crippen molar-refractivity contribution >= 4 is 44.3 Å². The molecule has 2 N–H and O–H groups in total. The SMILES string of the molecule is Nc1cc(Cl)cc(-c2nc3cccc(Br)c3o2)c1. The van der Waals surface area contributed by atoms with Crippen LogP contribution in [0.15, 0.2) is 45.3 Å². The molecule has 90 valence electrons. The molecule has 0 aliphatic carbocycles. The van der Waals surface area contributed by atoms with Gasteiger partial charge in [-0.1, -0.05) is 17.7 Å². The topological polar surface area (TPSA) is 52.0 Å². The van der Waals surface area contributed by atoms with Gasteiger partial charge in [-0.15, -0.1) is 0 Å². The number of benzene rings is 2. The van der Waals surface area contributed by atoms with E-state index < -0.39 is 0 Å². The van der Waals surface area contributed by atoms with Crippen LogP contribution in [0.1, 0.15) is 0 Å². The molecule has 0 fully saturated rings. The normalized spacial score (nSPS) is 11.0. The van der Waals surface area contributed by atoms with Gasteiger partial charge in [-0.2, -0.15) is 0 Å². The number of nitrogen functional groups attached to an aromatic ring is 1. The molecule has 5 heteroatoms. The molecular formula is C13H8BrClN2O. The molecule has 0 atom stereocenters. The fourth-order valence-electron chi connectivity index (χ4n) is 1.77. The first-order chi connectivity index (χ1) is 8.63. The maximum absolute atomic E-state index is 5.97. The van der Waals surface area contributed by atoms with E-state index in [0.717, 1.165) is 15.6 Å². The number of oxazole rings is 1. The molecule has 1 heterocycles. The lowest BCUT2D eigenvalue weighted by molar-refractivity contribution is 0.618. The van der Waals surface area contributed by atoms with Crippen LogP contribution in [0, 0.1) is 0 Å². The van der Waals surface area contributed by atoms with Crippen molar-refractivity contribution in [2.75, 3.05) is 5.73 Å². The van der Waals surface area contributed by atoms with E-state index in [0.29, 0.717) is 22.2 Å². The number of hydrogen-bond donors (Lipinski definition) is 1. The number of nitrogens with two attached hydrogens (primary N) is 1. The second kappa shape index (κ2) is 4.30. The molecule has 0 spiro atoms. The van der Waals surface area contributed by atoms with Crippen LogP contribution in [0.25, 0.3) is 22.6 Å². The van der Waals surface area contributed by atoms with Gasteiger partial charge < -0.3 is 10.2 Å². The van der Waals surface area contributed by atoms with Gasteiger partial charge in [0.05, 0.1) is 4.47 Å². The molecule has 2 aromatic carbocycles. The highest BCUT2D eigenvalue weighted by Gasteiger charge is 2.11. The maximum atomic E-state index is 5.97. The highest BCUT2D eigenvalue weighted by molar-refractivity contribution is 9.10. The molecular weight excluding hydrogens is 316 g/mol. The van der Waals surface area contributed by atoms with Crippen LogP contribution in [-0.4, -0.2) is 4.98 Å². The Kier molecular flexibility index (Phi) is 2.76. The average Bonchev–Trinajstić information content (AvgIpc) is 2.73. The molecule has 0 amide bonds. The molecule has 0 bridgehead atoms. The molecule has 0 radical (unpaired) electrons. The Balaban J connectivity index is 2.22. The molecule has 0 saturated heterocycles.